The summed E-state index contributed by atoms with van der Waals surface area (Å²) < 4.78 is 53.6. The van der Waals surface area contributed by atoms with Gasteiger partial charge in [-0.1, -0.05) is 11.8 Å². The Labute approximate surface area is 189 Å². The van der Waals surface area contributed by atoms with Crippen LogP contribution in [0.1, 0.15) is 35.1 Å². The minimum atomic E-state index is -4.59. The topological polar surface area (TPSA) is 111 Å². The first-order valence-corrected chi connectivity index (χ1v) is 10.6. The molecule has 2 aromatic heterocycles. The summed E-state index contributed by atoms with van der Waals surface area (Å²) in [4.78, 5) is 24.8. The number of halogens is 4. The molecule has 0 saturated heterocycles. The lowest BCUT2D eigenvalue weighted by Gasteiger charge is -2.30. The van der Waals surface area contributed by atoms with E-state index < -0.39 is 29.1 Å². The SMILES string of the molecule is CC1(c2cc(NC(=O)c3cnc(-n4ccc(C(F)(F)F)n4)cn3)ccc2F)CCSC(N)=N1. The van der Waals surface area contributed by atoms with Gasteiger partial charge in [-0.2, -0.15) is 18.3 Å². The molecule has 0 aliphatic carbocycles. The van der Waals surface area contributed by atoms with E-state index in [0.29, 0.717) is 28.6 Å². The molecule has 172 valence electrons. The van der Waals surface area contributed by atoms with E-state index in [4.69, 9.17) is 5.73 Å². The van der Waals surface area contributed by atoms with Crippen LogP contribution in [0.4, 0.5) is 23.2 Å². The van der Waals surface area contributed by atoms with Crippen LogP contribution in [0.25, 0.3) is 5.82 Å². The fourth-order valence-electron chi connectivity index (χ4n) is 3.25. The number of hydrogen-bond acceptors (Lipinski definition) is 7. The third-order valence-corrected chi connectivity index (χ3v) is 5.78. The molecule has 33 heavy (non-hydrogen) atoms. The van der Waals surface area contributed by atoms with E-state index in [0.717, 1.165) is 29.3 Å². The first-order valence-electron chi connectivity index (χ1n) is 9.60. The molecular formula is C20H17F4N7OS. The van der Waals surface area contributed by atoms with Crippen LogP contribution in [0, 0.1) is 5.82 Å². The predicted octanol–water partition coefficient (Wildman–Crippen LogP) is 3.74. The molecular weight excluding hydrogens is 462 g/mol. The lowest BCUT2D eigenvalue weighted by Crippen LogP contribution is -2.29. The maximum Gasteiger partial charge on any atom is 0.435 e. The van der Waals surface area contributed by atoms with Gasteiger partial charge in [0.25, 0.3) is 5.91 Å². The van der Waals surface area contributed by atoms with Gasteiger partial charge in [-0.3, -0.25) is 9.79 Å². The van der Waals surface area contributed by atoms with Crippen molar-refractivity contribution in [1.29, 1.82) is 0 Å². The Morgan fingerprint density at radius 3 is 2.67 bits per heavy atom. The van der Waals surface area contributed by atoms with Gasteiger partial charge in [0, 0.05) is 23.2 Å². The van der Waals surface area contributed by atoms with Crippen LogP contribution >= 0.6 is 11.8 Å². The molecule has 0 spiro atoms. The molecule has 8 nitrogen and oxygen atoms in total. The van der Waals surface area contributed by atoms with Gasteiger partial charge in [-0.05, 0) is 37.6 Å². The summed E-state index contributed by atoms with van der Waals surface area (Å²) in [6.45, 7) is 1.77. The van der Waals surface area contributed by atoms with Crippen molar-refractivity contribution < 1.29 is 22.4 Å². The summed E-state index contributed by atoms with van der Waals surface area (Å²) in [5.41, 5.74) is 4.40. The fraction of sp³-hybridized carbons (Fsp3) is 0.250. The van der Waals surface area contributed by atoms with Crippen molar-refractivity contribution in [2.24, 2.45) is 10.7 Å². The third-order valence-electron chi connectivity index (χ3n) is 4.99. The van der Waals surface area contributed by atoms with Crippen LogP contribution in [0.5, 0.6) is 0 Å². The van der Waals surface area contributed by atoms with Crippen molar-refractivity contribution in [3.05, 3.63) is 65.6 Å². The maximum atomic E-state index is 14.5. The van der Waals surface area contributed by atoms with Gasteiger partial charge in [0.05, 0.1) is 17.9 Å². The molecule has 0 radical (unpaired) electrons. The number of amidine groups is 1. The molecule has 0 saturated carbocycles. The zero-order chi connectivity index (χ0) is 23.8. The maximum absolute atomic E-state index is 14.5. The highest BCUT2D eigenvalue weighted by Gasteiger charge is 2.34. The van der Waals surface area contributed by atoms with E-state index >= 15 is 0 Å². The van der Waals surface area contributed by atoms with Crippen molar-refractivity contribution in [3.8, 4) is 5.82 Å². The number of nitrogens with two attached hydrogens (primary N) is 1. The highest BCUT2D eigenvalue weighted by Crippen LogP contribution is 2.37. The van der Waals surface area contributed by atoms with Crippen LogP contribution in [0.2, 0.25) is 0 Å². The molecule has 0 fully saturated rings. The van der Waals surface area contributed by atoms with Crippen molar-refractivity contribution in [1.82, 2.24) is 19.7 Å². The largest absolute Gasteiger partial charge is 0.435 e. The number of carbonyl (C=O) groups is 1. The van der Waals surface area contributed by atoms with Gasteiger partial charge < -0.3 is 11.1 Å². The number of nitrogens with zero attached hydrogens (tertiary/aromatic N) is 5. The second kappa shape index (κ2) is 8.46. The molecule has 3 N–H and O–H groups in total. The Balaban J connectivity index is 1.52. The van der Waals surface area contributed by atoms with Gasteiger partial charge in [0.15, 0.2) is 16.7 Å². The number of aliphatic imine (C=N–C) groups is 1. The number of thioether (sulfide) groups is 1. The molecule has 1 aromatic carbocycles. The molecule has 1 aliphatic rings. The highest BCUT2D eigenvalue weighted by atomic mass is 32.2. The van der Waals surface area contributed by atoms with Gasteiger partial charge >= 0.3 is 6.18 Å². The number of nitrogens with one attached hydrogen (secondary N) is 1. The van der Waals surface area contributed by atoms with Gasteiger partial charge in [0.2, 0.25) is 0 Å². The number of rotatable bonds is 4. The van der Waals surface area contributed by atoms with Gasteiger partial charge in [-0.15, -0.1) is 0 Å². The van der Waals surface area contributed by atoms with Crippen molar-refractivity contribution in [2.75, 3.05) is 11.1 Å². The number of aromatic nitrogens is 4. The first-order chi connectivity index (χ1) is 15.5. The average molecular weight is 479 g/mol. The molecule has 3 heterocycles. The number of carbonyl (C=O) groups excluding carboxylic acids is 1. The van der Waals surface area contributed by atoms with Crippen molar-refractivity contribution >= 4 is 28.5 Å². The molecule has 13 heteroatoms. The van der Waals surface area contributed by atoms with Crippen LogP contribution in [0.3, 0.4) is 0 Å². The van der Waals surface area contributed by atoms with Crippen LogP contribution in [0.15, 0.2) is 47.8 Å². The monoisotopic (exact) mass is 479 g/mol. The molecule has 1 aliphatic heterocycles. The lowest BCUT2D eigenvalue weighted by molar-refractivity contribution is -0.141. The minimum Gasteiger partial charge on any atom is -0.379 e. The molecule has 3 aromatic rings. The third kappa shape index (κ3) is 4.82. The Kier molecular flexibility index (Phi) is 5.82. The van der Waals surface area contributed by atoms with Crippen molar-refractivity contribution in [2.45, 2.75) is 25.1 Å². The van der Waals surface area contributed by atoms with E-state index in [1.54, 1.807) is 6.92 Å². The number of alkyl halides is 3. The van der Waals surface area contributed by atoms with E-state index in [1.807, 2.05) is 0 Å². The zero-order valence-electron chi connectivity index (χ0n) is 17.1. The zero-order valence-corrected chi connectivity index (χ0v) is 17.9. The summed E-state index contributed by atoms with van der Waals surface area (Å²) in [6, 6.07) is 4.92. The van der Waals surface area contributed by atoms with Crippen molar-refractivity contribution in [3.63, 3.8) is 0 Å². The average Bonchev–Trinajstić information content (AvgIpc) is 3.26. The van der Waals surface area contributed by atoms with E-state index in [-0.39, 0.29) is 11.5 Å². The van der Waals surface area contributed by atoms with Gasteiger partial charge in [-0.25, -0.2) is 19.0 Å². The Bertz CT molecular complexity index is 1230. The normalized spacial score (nSPS) is 18.6. The second-order valence-electron chi connectivity index (χ2n) is 7.37. The predicted molar refractivity (Wildman–Crippen MR) is 115 cm³/mol. The summed E-state index contributed by atoms with van der Waals surface area (Å²) >= 11 is 1.39. The Morgan fingerprint density at radius 2 is 2.03 bits per heavy atom. The second-order valence-corrected chi connectivity index (χ2v) is 8.49. The standard InChI is InChI=1S/C20H17F4N7OS/c1-19(5-7-33-18(25)29-19)12-8-11(2-3-13(12)21)28-17(32)14-9-27-16(10-26-14)31-6-4-15(30-31)20(22,23)24/h2-4,6,8-10H,5,7H2,1H3,(H2,25,29)(H,28,32). The fourth-order valence-corrected chi connectivity index (χ4v) is 4.23. The Morgan fingerprint density at radius 1 is 1.24 bits per heavy atom. The van der Waals surface area contributed by atoms with Crippen LogP contribution in [-0.2, 0) is 11.7 Å². The summed E-state index contributed by atoms with van der Waals surface area (Å²) in [5.74, 6) is -0.412. The highest BCUT2D eigenvalue weighted by molar-refractivity contribution is 8.13. The quantitative estimate of drug-likeness (QED) is 0.552. The first kappa shape index (κ1) is 22.7. The minimum absolute atomic E-state index is 0.00432. The molecule has 1 amide bonds. The summed E-state index contributed by atoms with van der Waals surface area (Å²) in [5, 5.41) is 6.38. The number of benzene rings is 1. The van der Waals surface area contributed by atoms with Gasteiger partial charge in [0.1, 0.15) is 11.5 Å². The van der Waals surface area contributed by atoms with E-state index in [1.165, 1.54) is 30.0 Å². The smallest absolute Gasteiger partial charge is 0.379 e. The number of amides is 1. The van der Waals surface area contributed by atoms with Crippen LogP contribution in [-0.4, -0.2) is 36.6 Å². The lowest BCUT2D eigenvalue weighted by atomic mass is 9.89. The molecule has 0 bridgehead atoms. The van der Waals surface area contributed by atoms with Crippen LogP contribution < -0.4 is 11.1 Å². The molecule has 1 atom stereocenters. The number of anilines is 1. The molecule has 1 unspecified atom stereocenters. The van der Waals surface area contributed by atoms with E-state index in [2.05, 4.69) is 25.4 Å². The Hall–Kier alpha value is -3.48. The van der Waals surface area contributed by atoms with E-state index in [9.17, 15) is 22.4 Å². The summed E-state index contributed by atoms with van der Waals surface area (Å²) in [7, 11) is 0. The molecule has 4 rings (SSSR count). The summed E-state index contributed by atoms with van der Waals surface area (Å²) in [6.07, 6.45) is -0.697. The number of hydrogen-bond donors (Lipinski definition) is 2.